The largest absolute Gasteiger partial charge is 0.481 e. The highest BCUT2D eigenvalue weighted by molar-refractivity contribution is 14.1. The molecule has 0 radical (unpaired) electrons. The number of carbonyl (C=O) groups excluding carboxylic acids is 1. The maximum absolute atomic E-state index is 14.4. The molecular formula is C20H21F3IN5O4. The normalized spacial score (nSPS) is 13.8. The minimum Gasteiger partial charge on any atom is -0.481 e. The molecule has 1 fully saturated rings. The summed E-state index contributed by atoms with van der Waals surface area (Å²) in [5, 5.41) is 29.7. The summed E-state index contributed by atoms with van der Waals surface area (Å²) in [5.41, 5.74) is 3.06. The second-order valence-electron chi connectivity index (χ2n) is 7.20. The van der Waals surface area contributed by atoms with E-state index in [4.69, 9.17) is 21.0 Å². The van der Waals surface area contributed by atoms with Gasteiger partial charge in [-0.2, -0.15) is 0 Å². The molecule has 1 aliphatic heterocycles. The number of aliphatic carboxylic acids is 1. The van der Waals surface area contributed by atoms with E-state index in [-0.39, 0.29) is 36.8 Å². The molecule has 13 heteroatoms. The Labute approximate surface area is 200 Å². The van der Waals surface area contributed by atoms with Crippen LogP contribution in [0.2, 0.25) is 0 Å². The highest BCUT2D eigenvalue weighted by Crippen LogP contribution is 2.31. The molecule has 0 atom stereocenters. The van der Waals surface area contributed by atoms with Crippen LogP contribution in [0, 0.1) is 26.4 Å². The molecule has 9 nitrogen and oxygen atoms in total. The Kier molecular flexibility index (Phi) is 8.49. The summed E-state index contributed by atoms with van der Waals surface area (Å²) in [4.78, 5) is 23.0. The molecule has 0 unspecified atom stereocenters. The van der Waals surface area contributed by atoms with Gasteiger partial charge in [0.2, 0.25) is 0 Å². The van der Waals surface area contributed by atoms with E-state index >= 15 is 0 Å². The number of nitrogens with zero attached hydrogens (tertiary/aromatic N) is 1. The summed E-state index contributed by atoms with van der Waals surface area (Å²) in [7, 11) is 0. The van der Waals surface area contributed by atoms with Crippen molar-refractivity contribution in [3.05, 3.63) is 56.9 Å². The van der Waals surface area contributed by atoms with Gasteiger partial charge in [0.15, 0.2) is 17.6 Å². The summed E-state index contributed by atoms with van der Waals surface area (Å²) in [5.74, 6) is -5.02. The molecule has 7 N–H and O–H groups in total. The van der Waals surface area contributed by atoms with Crippen LogP contribution in [-0.2, 0) is 4.79 Å². The van der Waals surface area contributed by atoms with E-state index in [1.165, 1.54) is 17.0 Å². The van der Waals surface area contributed by atoms with Gasteiger partial charge in [0.05, 0.1) is 30.0 Å². The van der Waals surface area contributed by atoms with Crippen molar-refractivity contribution in [2.45, 2.75) is 12.5 Å². The van der Waals surface area contributed by atoms with Crippen LogP contribution < -0.4 is 16.4 Å². The fourth-order valence-corrected chi connectivity index (χ4v) is 3.38. The molecular weight excluding hydrogens is 558 g/mol. The van der Waals surface area contributed by atoms with Crippen LogP contribution in [0.3, 0.4) is 0 Å². The number of rotatable bonds is 5. The number of carboxylic acids is 1. The maximum atomic E-state index is 14.4. The fraction of sp³-hybridized carbons (Fsp3) is 0.250. The molecule has 0 aromatic heterocycles. The van der Waals surface area contributed by atoms with Crippen molar-refractivity contribution < 1.29 is 33.0 Å². The van der Waals surface area contributed by atoms with E-state index in [0.29, 0.717) is 3.57 Å². The van der Waals surface area contributed by atoms with Crippen molar-refractivity contribution in [3.63, 3.8) is 0 Å². The summed E-state index contributed by atoms with van der Waals surface area (Å²) in [6.07, 6.45) is 0. The van der Waals surface area contributed by atoms with E-state index in [2.05, 4.69) is 10.6 Å². The van der Waals surface area contributed by atoms with E-state index in [1.54, 1.807) is 6.07 Å². The number of likely N-dealkylation sites (tertiary alicyclic amines) is 1. The summed E-state index contributed by atoms with van der Waals surface area (Å²) < 4.78 is 43.0. The van der Waals surface area contributed by atoms with Gasteiger partial charge in [-0.05, 0) is 52.9 Å². The predicted molar refractivity (Wildman–Crippen MR) is 123 cm³/mol. The number of aliphatic hydroxyl groups is 1. The summed E-state index contributed by atoms with van der Waals surface area (Å²) in [6.45, 7) is 0.855. The first-order chi connectivity index (χ1) is 15.3. The van der Waals surface area contributed by atoms with E-state index in [0.717, 1.165) is 19.1 Å². The molecule has 33 heavy (non-hydrogen) atoms. The van der Waals surface area contributed by atoms with Crippen molar-refractivity contribution in [1.29, 1.82) is 5.41 Å². The average molecular weight is 579 g/mol. The third-order valence-electron chi connectivity index (χ3n) is 4.38. The van der Waals surface area contributed by atoms with Crippen molar-refractivity contribution in [2.75, 3.05) is 25.0 Å². The number of carboxylic acid groups (broad SMARTS) is 1. The molecule has 0 aliphatic carbocycles. The minimum atomic E-state index is -1.32. The van der Waals surface area contributed by atoms with E-state index in [1.807, 2.05) is 22.6 Å². The van der Waals surface area contributed by atoms with Crippen LogP contribution in [-0.4, -0.2) is 58.2 Å². The second kappa shape index (κ2) is 10.7. The van der Waals surface area contributed by atoms with Gasteiger partial charge < -0.3 is 31.5 Å². The molecule has 0 bridgehead atoms. The molecule has 1 heterocycles. The molecule has 2 aromatic rings. The van der Waals surface area contributed by atoms with Gasteiger partial charge >= 0.3 is 0 Å². The van der Waals surface area contributed by atoms with Gasteiger partial charge in [0.25, 0.3) is 11.9 Å². The fourth-order valence-electron chi connectivity index (χ4n) is 2.93. The maximum Gasteiger partial charge on any atom is 0.300 e. The zero-order valence-electron chi connectivity index (χ0n) is 17.3. The number of nitrogens with two attached hydrogens (primary N) is 1. The smallest absolute Gasteiger partial charge is 0.300 e. The Hall–Kier alpha value is -3.07. The van der Waals surface area contributed by atoms with Gasteiger partial charge in [-0.1, -0.05) is 0 Å². The summed E-state index contributed by atoms with van der Waals surface area (Å²) >= 11 is 1.90. The van der Waals surface area contributed by atoms with E-state index < -0.39 is 40.6 Å². The lowest BCUT2D eigenvalue weighted by molar-refractivity contribution is -0.134. The Morgan fingerprint density at radius 2 is 1.82 bits per heavy atom. The lowest BCUT2D eigenvalue weighted by Gasteiger charge is -2.46. The average Bonchev–Trinajstić information content (AvgIpc) is 2.68. The molecule has 2 aromatic carbocycles. The molecule has 0 saturated carbocycles. The van der Waals surface area contributed by atoms with Crippen molar-refractivity contribution in [3.8, 4) is 0 Å². The zero-order chi connectivity index (χ0) is 24.9. The SMILES string of the molecule is CC(=O)O.N=C(N)NCC1(O)CN(C(=O)c2ccc(F)c(F)c2Nc2ccc(I)cc2F)C1. The molecule has 3 rings (SSSR count). The van der Waals surface area contributed by atoms with E-state index in [9.17, 15) is 23.1 Å². The summed E-state index contributed by atoms with van der Waals surface area (Å²) in [6, 6.07) is 6.03. The number of nitrogens with one attached hydrogen (secondary N) is 3. The highest BCUT2D eigenvalue weighted by Gasteiger charge is 2.44. The standard InChI is InChI=1S/C18H17F3IN5O2.C2H4O2/c19-11-3-2-10(16(28)27-7-18(29,8-27)6-25-17(23)24)15(14(11)21)26-13-4-1-9(22)5-12(13)20;1-2(3)4/h1-5,26,29H,6-8H2,(H4,23,24,25);1H3,(H,3,4). The first kappa shape index (κ1) is 26.2. The molecule has 178 valence electrons. The number of guanidine groups is 1. The van der Waals surface area contributed by atoms with Crippen LogP contribution in [0.25, 0.3) is 0 Å². The monoisotopic (exact) mass is 579 g/mol. The number of benzene rings is 2. The van der Waals surface area contributed by atoms with Gasteiger partial charge in [0.1, 0.15) is 11.4 Å². The number of anilines is 2. The zero-order valence-corrected chi connectivity index (χ0v) is 19.4. The van der Waals surface area contributed by atoms with Crippen LogP contribution >= 0.6 is 22.6 Å². The number of hydrogen-bond donors (Lipinski definition) is 6. The lowest BCUT2D eigenvalue weighted by Crippen LogP contribution is -2.67. The Balaban J connectivity index is 0.000000890. The van der Waals surface area contributed by atoms with Crippen molar-refractivity contribution in [1.82, 2.24) is 10.2 Å². The number of hydrogen-bond acceptors (Lipinski definition) is 5. The Bertz CT molecular complexity index is 1080. The molecule has 1 aliphatic rings. The number of amides is 1. The molecule has 1 saturated heterocycles. The topological polar surface area (TPSA) is 152 Å². The second-order valence-corrected chi connectivity index (χ2v) is 8.45. The van der Waals surface area contributed by atoms with Crippen molar-refractivity contribution >= 4 is 51.8 Å². The van der Waals surface area contributed by atoms with Crippen LogP contribution in [0.4, 0.5) is 24.5 Å². The predicted octanol–water partition coefficient (Wildman–Crippen LogP) is 2.21. The van der Waals surface area contributed by atoms with Gasteiger partial charge in [0, 0.05) is 17.0 Å². The van der Waals surface area contributed by atoms with Crippen LogP contribution in [0.15, 0.2) is 30.3 Å². The number of carbonyl (C=O) groups is 2. The highest BCUT2D eigenvalue weighted by atomic mass is 127. The third-order valence-corrected chi connectivity index (χ3v) is 5.05. The number of halogens is 4. The minimum absolute atomic E-state index is 0.0388. The van der Waals surface area contributed by atoms with Crippen LogP contribution in [0.1, 0.15) is 17.3 Å². The molecule has 1 amide bonds. The third kappa shape index (κ3) is 6.95. The van der Waals surface area contributed by atoms with Gasteiger partial charge in [-0.25, -0.2) is 13.2 Å². The lowest BCUT2D eigenvalue weighted by atomic mass is 9.93. The first-order valence-electron chi connectivity index (χ1n) is 9.32. The quantitative estimate of drug-likeness (QED) is 0.181. The first-order valence-corrected chi connectivity index (χ1v) is 10.4. The van der Waals surface area contributed by atoms with Crippen molar-refractivity contribution in [2.24, 2.45) is 5.73 Å². The number of β-amino-alcohol motifs (C(OH)–C–C–N with tert-alkyl or cyclic N) is 1. The van der Waals surface area contributed by atoms with Gasteiger partial charge in [-0.3, -0.25) is 15.0 Å². The van der Waals surface area contributed by atoms with Gasteiger partial charge in [-0.15, -0.1) is 0 Å². The Morgan fingerprint density at radius 3 is 2.36 bits per heavy atom. The van der Waals surface area contributed by atoms with Crippen LogP contribution in [0.5, 0.6) is 0 Å². The molecule has 0 spiro atoms. The Morgan fingerprint density at radius 1 is 1.21 bits per heavy atom.